The largest absolute Gasteiger partial charge is 0.496 e. The number of fused-ring (bicyclic) bond motifs is 4. The van der Waals surface area contributed by atoms with Gasteiger partial charge in [-0.1, -0.05) is 61.0 Å². The van der Waals surface area contributed by atoms with Gasteiger partial charge in [-0.15, -0.1) is 0 Å². The molecule has 0 atom stereocenters. The number of aryl methyl sites for hydroxylation is 4. The molecule has 2 aromatic carbocycles. The van der Waals surface area contributed by atoms with E-state index in [1.165, 1.54) is 32.3 Å². The van der Waals surface area contributed by atoms with Gasteiger partial charge in [-0.3, -0.25) is 0 Å². The third kappa shape index (κ3) is 3.47. The van der Waals surface area contributed by atoms with Crippen LogP contribution in [0, 0.1) is 0 Å². The van der Waals surface area contributed by atoms with Crippen LogP contribution in [0.4, 0.5) is 0 Å². The molecule has 0 fully saturated rings. The maximum Gasteiger partial charge on any atom is 0.125 e. The average Bonchev–Trinajstić information content (AvgIpc) is 2.52. The molecule has 0 saturated carbocycles. The Hall–Kier alpha value is -1.28. The lowest BCUT2D eigenvalue weighted by atomic mass is 9.83. The molecule has 23 heavy (non-hydrogen) atoms. The highest BCUT2D eigenvalue weighted by atomic mass is 79.9. The number of hydrogen-bond donors (Lipinski definition) is 0. The monoisotopic (exact) mass is 372 g/mol. The van der Waals surface area contributed by atoms with E-state index in [9.17, 15) is 0 Å². The Morgan fingerprint density at radius 1 is 0.870 bits per heavy atom. The van der Waals surface area contributed by atoms with Crippen LogP contribution in [0.5, 0.6) is 5.75 Å². The van der Waals surface area contributed by atoms with Crippen LogP contribution in [-0.2, 0) is 31.1 Å². The zero-order valence-electron chi connectivity index (χ0n) is 14.5. The molecule has 1 nitrogen and oxygen atoms in total. The van der Waals surface area contributed by atoms with Gasteiger partial charge in [0.1, 0.15) is 5.75 Å². The molecule has 0 amide bonds. The van der Waals surface area contributed by atoms with Crippen molar-refractivity contribution >= 4 is 15.9 Å². The normalized spacial score (nSPS) is 14.5. The van der Waals surface area contributed by atoms with Gasteiger partial charge >= 0.3 is 0 Å². The molecule has 2 heteroatoms. The molecular weight excluding hydrogens is 348 g/mol. The van der Waals surface area contributed by atoms with Crippen molar-refractivity contribution in [3.8, 4) is 5.75 Å². The predicted molar refractivity (Wildman–Crippen MR) is 101 cm³/mol. The molecule has 2 aliphatic rings. The summed E-state index contributed by atoms with van der Waals surface area (Å²) in [4.78, 5) is 0. The SMILES string of the molecule is COc1c2cc(C(C)(C)C)cc1CCc1ccc(cc1Br)CC2. The highest BCUT2D eigenvalue weighted by Crippen LogP contribution is 2.34. The van der Waals surface area contributed by atoms with Gasteiger partial charge in [-0.2, -0.15) is 0 Å². The third-order valence-electron chi connectivity index (χ3n) is 4.78. The van der Waals surface area contributed by atoms with Gasteiger partial charge in [0.05, 0.1) is 7.11 Å². The van der Waals surface area contributed by atoms with Crippen LogP contribution in [0.3, 0.4) is 0 Å². The topological polar surface area (TPSA) is 9.23 Å². The number of benzene rings is 2. The first kappa shape index (κ1) is 16.6. The Morgan fingerprint density at radius 3 is 2.04 bits per heavy atom. The first-order valence-corrected chi connectivity index (χ1v) is 9.15. The molecule has 0 heterocycles. The van der Waals surface area contributed by atoms with E-state index in [4.69, 9.17) is 4.74 Å². The number of methoxy groups -OCH3 is 1. The summed E-state index contributed by atoms with van der Waals surface area (Å²) in [6.45, 7) is 6.86. The van der Waals surface area contributed by atoms with E-state index >= 15 is 0 Å². The van der Waals surface area contributed by atoms with Gasteiger partial charge < -0.3 is 4.74 Å². The van der Waals surface area contributed by atoms with Crippen LogP contribution < -0.4 is 4.74 Å². The minimum atomic E-state index is 0.159. The summed E-state index contributed by atoms with van der Waals surface area (Å²) in [6.07, 6.45) is 4.11. The third-order valence-corrected chi connectivity index (χ3v) is 5.52. The van der Waals surface area contributed by atoms with Crippen molar-refractivity contribution in [2.75, 3.05) is 7.11 Å². The van der Waals surface area contributed by atoms with Crippen molar-refractivity contribution in [3.63, 3.8) is 0 Å². The van der Waals surface area contributed by atoms with E-state index in [1.807, 2.05) is 0 Å². The van der Waals surface area contributed by atoms with Gasteiger partial charge in [0, 0.05) is 4.47 Å². The Balaban J connectivity index is 2.13. The standard InChI is InChI=1S/C21H25BrO/c1-21(2,3)18-12-16-8-6-14-5-7-15(19(22)11-14)9-10-17(13-18)20(16)23-4/h5,7,11-13H,6,8-10H2,1-4H3. The van der Waals surface area contributed by atoms with Gasteiger partial charge in [-0.25, -0.2) is 0 Å². The van der Waals surface area contributed by atoms with Crippen LogP contribution in [0.25, 0.3) is 0 Å². The molecule has 0 radical (unpaired) electrons. The van der Waals surface area contributed by atoms with Crippen molar-refractivity contribution in [2.24, 2.45) is 0 Å². The lowest BCUT2D eigenvalue weighted by Gasteiger charge is -2.23. The molecule has 0 aliphatic heterocycles. The second-order valence-corrected chi connectivity index (χ2v) is 8.36. The van der Waals surface area contributed by atoms with E-state index in [-0.39, 0.29) is 5.41 Å². The highest BCUT2D eigenvalue weighted by molar-refractivity contribution is 9.10. The molecule has 4 rings (SSSR count). The Labute approximate surface area is 148 Å². The number of rotatable bonds is 1. The molecule has 2 aliphatic carbocycles. The summed E-state index contributed by atoms with van der Waals surface area (Å²) in [5.74, 6) is 1.09. The summed E-state index contributed by atoms with van der Waals surface area (Å²) in [5.41, 5.74) is 7.01. The summed E-state index contributed by atoms with van der Waals surface area (Å²) in [7, 11) is 1.81. The number of halogens is 1. The second-order valence-electron chi connectivity index (χ2n) is 7.50. The molecule has 0 N–H and O–H groups in total. The van der Waals surface area contributed by atoms with Crippen LogP contribution in [0.1, 0.15) is 48.6 Å². The fraction of sp³-hybridized carbons (Fsp3) is 0.429. The number of hydrogen-bond acceptors (Lipinski definition) is 1. The Bertz CT molecular complexity index is 725. The molecule has 2 aromatic rings. The Morgan fingerprint density at radius 2 is 1.48 bits per heavy atom. The fourth-order valence-corrected chi connectivity index (χ4v) is 3.94. The molecule has 122 valence electrons. The molecule has 0 saturated heterocycles. The highest BCUT2D eigenvalue weighted by Gasteiger charge is 2.20. The van der Waals surface area contributed by atoms with Crippen molar-refractivity contribution in [1.29, 1.82) is 0 Å². The van der Waals surface area contributed by atoms with Gasteiger partial charge in [0.15, 0.2) is 0 Å². The van der Waals surface area contributed by atoms with Crippen molar-refractivity contribution < 1.29 is 4.74 Å². The lowest BCUT2D eigenvalue weighted by molar-refractivity contribution is 0.403. The van der Waals surface area contributed by atoms with E-state index in [0.29, 0.717) is 0 Å². The summed E-state index contributed by atoms with van der Waals surface area (Å²) >= 11 is 3.74. The fourth-order valence-electron chi connectivity index (χ4n) is 3.32. The lowest BCUT2D eigenvalue weighted by Crippen LogP contribution is -2.13. The van der Waals surface area contributed by atoms with Gasteiger partial charge in [0.2, 0.25) is 0 Å². The van der Waals surface area contributed by atoms with Crippen LogP contribution in [0.15, 0.2) is 34.8 Å². The maximum absolute atomic E-state index is 5.81. The quantitative estimate of drug-likeness (QED) is 0.629. The minimum absolute atomic E-state index is 0.159. The van der Waals surface area contributed by atoms with E-state index < -0.39 is 0 Å². The van der Waals surface area contributed by atoms with Crippen molar-refractivity contribution in [1.82, 2.24) is 0 Å². The second kappa shape index (κ2) is 6.32. The zero-order valence-corrected chi connectivity index (χ0v) is 16.1. The summed E-state index contributed by atoms with van der Waals surface area (Å²) < 4.78 is 7.04. The molecule has 0 spiro atoms. The van der Waals surface area contributed by atoms with Gasteiger partial charge in [-0.05, 0) is 65.0 Å². The number of ether oxygens (including phenoxy) is 1. The van der Waals surface area contributed by atoms with Crippen molar-refractivity contribution in [3.05, 3.63) is 62.6 Å². The van der Waals surface area contributed by atoms with Crippen LogP contribution in [-0.4, -0.2) is 7.11 Å². The Kier molecular flexibility index (Phi) is 4.55. The van der Waals surface area contributed by atoms with Gasteiger partial charge in [0.25, 0.3) is 0 Å². The minimum Gasteiger partial charge on any atom is -0.496 e. The molecular formula is C21H25BrO. The first-order chi connectivity index (χ1) is 10.9. The van der Waals surface area contributed by atoms with Crippen molar-refractivity contribution in [2.45, 2.75) is 51.9 Å². The van der Waals surface area contributed by atoms with E-state index in [2.05, 4.69) is 67.0 Å². The zero-order chi connectivity index (χ0) is 16.6. The average molecular weight is 373 g/mol. The predicted octanol–water partition coefficient (Wildman–Crippen LogP) is 5.64. The van der Waals surface area contributed by atoms with Crippen LogP contribution >= 0.6 is 15.9 Å². The smallest absolute Gasteiger partial charge is 0.125 e. The summed E-state index contributed by atoms with van der Waals surface area (Å²) in [6, 6.07) is 11.5. The van der Waals surface area contributed by atoms with Crippen LogP contribution in [0.2, 0.25) is 0 Å². The molecule has 0 aromatic heterocycles. The van der Waals surface area contributed by atoms with E-state index in [0.717, 1.165) is 31.4 Å². The van der Waals surface area contributed by atoms with E-state index in [1.54, 1.807) is 7.11 Å². The molecule has 0 unspecified atom stereocenters. The molecule has 4 bridgehead atoms. The summed E-state index contributed by atoms with van der Waals surface area (Å²) in [5, 5.41) is 0. The maximum atomic E-state index is 5.81. The first-order valence-electron chi connectivity index (χ1n) is 8.36.